The first-order valence-electron chi connectivity index (χ1n) is 5.27. The first-order valence-corrected chi connectivity index (χ1v) is 6.06. The Morgan fingerprint density at radius 2 is 2.44 bits per heavy atom. The number of nitrogens with zero attached hydrogens (tertiary/aromatic N) is 2. The van der Waals surface area contributed by atoms with Crippen LogP contribution in [0.2, 0.25) is 0 Å². The van der Waals surface area contributed by atoms with Crippen LogP contribution in [-0.4, -0.2) is 40.1 Å². The van der Waals surface area contributed by atoms with Gasteiger partial charge in [0.1, 0.15) is 10.3 Å². The van der Waals surface area contributed by atoms with Crippen LogP contribution in [0.4, 0.5) is 0 Å². The highest BCUT2D eigenvalue weighted by atomic mass is 79.9. The van der Waals surface area contributed by atoms with Crippen molar-refractivity contribution in [1.82, 2.24) is 9.88 Å². The molecular weight excluding hydrogens is 272 g/mol. The van der Waals surface area contributed by atoms with Crippen LogP contribution in [0, 0.1) is 0 Å². The van der Waals surface area contributed by atoms with Gasteiger partial charge in [-0.3, -0.25) is 4.79 Å². The number of likely N-dealkylation sites (tertiary alicyclic amines) is 1. The Morgan fingerprint density at radius 1 is 1.62 bits per heavy atom. The molecule has 2 heterocycles. The van der Waals surface area contributed by atoms with Crippen LogP contribution in [0.15, 0.2) is 22.8 Å². The Labute approximate surface area is 102 Å². The number of aliphatic hydroxyl groups excluding tert-OH is 1. The number of rotatable bonds is 2. The lowest BCUT2D eigenvalue weighted by Crippen LogP contribution is -2.38. The van der Waals surface area contributed by atoms with E-state index in [2.05, 4.69) is 20.9 Å². The fraction of sp³-hybridized carbons (Fsp3) is 0.455. The molecule has 1 aliphatic heterocycles. The van der Waals surface area contributed by atoms with Crippen LogP contribution in [0.5, 0.6) is 0 Å². The topological polar surface area (TPSA) is 53.4 Å². The number of carbonyl (C=O) groups excluding carboxylic acids is 1. The van der Waals surface area contributed by atoms with E-state index >= 15 is 0 Å². The van der Waals surface area contributed by atoms with Gasteiger partial charge in [0.05, 0.1) is 12.6 Å². The van der Waals surface area contributed by atoms with Crippen molar-refractivity contribution in [3.63, 3.8) is 0 Å². The number of pyridine rings is 1. The van der Waals surface area contributed by atoms with E-state index in [1.807, 2.05) is 0 Å². The van der Waals surface area contributed by atoms with Gasteiger partial charge in [0, 0.05) is 6.54 Å². The summed E-state index contributed by atoms with van der Waals surface area (Å²) in [4.78, 5) is 17.9. The average molecular weight is 285 g/mol. The van der Waals surface area contributed by atoms with Gasteiger partial charge in [-0.2, -0.15) is 0 Å². The smallest absolute Gasteiger partial charge is 0.272 e. The molecule has 1 aromatic rings. The van der Waals surface area contributed by atoms with E-state index in [1.165, 1.54) is 0 Å². The molecule has 1 N–H and O–H groups in total. The van der Waals surface area contributed by atoms with Crippen LogP contribution in [0.1, 0.15) is 23.3 Å². The molecule has 1 amide bonds. The van der Waals surface area contributed by atoms with Gasteiger partial charge in [0.25, 0.3) is 5.91 Å². The first kappa shape index (κ1) is 11.5. The second-order valence-corrected chi connectivity index (χ2v) is 4.64. The number of hydrogen-bond donors (Lipinski definition) is 1. The molecule has 0 aromatic carbocycles. The van der Waals surface area contributed by atoms with Crippen LogP contribution in [0.3, 0.4) is 0 Å². The normalized spacial score (nSPS) is 20.1. The lowest BCUT2D eigenvalue weighted by atomic mass is 10.2. The quantitative estimate of drug-likeness (QED) is 0.837. The summed E-state index contributed by atoms with van der Waals surface area (Å²) in [7, 11) is 0. The third-order valence-electron chi connectivity index (χ3n) is 2.78. The second kappa shape index (κ2) is 4.93. The Bertz CT molecular complexity index is 397. The third-order valence-corrected chi connectivity index (χ3v) is 3.22. The maximum absolute atomic E-state index is 12.1. The molecule has 86 valence electrons. The molecular formula is C11H13BrN2O2. The molecule has 1 saturated heterocycles. The monoisotopic (exact) mass is 284 g/mol. The van der Waals surface area contributed by atoms with Gasteiger partial charge < -0.3 is 10.0 Å². The Kier molecular flexibility index (Phi) is 3.56. The van der Waals surface area contributed by atoms with Crippen molar-refractivity contribution in [3.05, 3.63) is 28.5 Å². The highest BCUT2D eigenvalue weighted by Gasteiger charge is 2.29. The molecule has 0 saturated carbocycles. The van der Waals surface area contributed by atoms with Gasteiger partial charge in [0.2, 0.25) is 0 Å². The number of carbonyl (C=O) groups is 1. The lowest BCUT2D eigenvalue weighted by molar-refractivity contribution is 0.0671. The molecule has 1 atom stereocenters. The summed E-state index contributed by atoms with van der Waals surface area (Å²) >= 11 is 3.24. The predicted molar refractivity (Wildman–Crippen MR) is 63.1 cm³/mol. The summed E-state index contributed by atoms with van der Waals surface area (Å²) in [6, 6.07) is 5.21. The van der Waals surface area contributed by atoms with Gasteiger partial charge in [-0.1, -0.05) is 6.07 Å². The SMILES string of the molecule is O=C(c1cccc(Br)n1)N1CCC[C@@H]1CO. The van der Waals surface area contributed by atoms with E-state index in [0.29, 0.717) is 16.8 Å². The fourth-order valence-electron chi connectivity index (χ4n) is 1.97. The molecule has 5 heteroatoms. The molecule has 0 unspecified atom stereocenters. The van der Waals surface area contributed by atoms with Crippen molar-refractivity contribution in [1.29, 1.82) is 0 Å². The lowest BCUT2D eigenvalue weighted by Gasteiger charge is -2.22. The van der Waals surface area contributed by atoms with E-state index in [4.69, 9.17) is 5.11 Å². The van der Waals surface area contributed by atoms with Crippen molar-refractivity contribution in [3.8, 4) is 0 Å². The van der Waals surface area contributed by atoms with Gasteiger partial charge >= 0.3 is 0 Å². The molecule has 0 spiro atoms. The average Bonchev–Trinajstić information content (AvgIpc) is 2.76. The molecule has 16 heavy (non-hydrogen) atoms. The fourth-order valence-corrected chi connectivity index (χ4v) is 2.31. The second-order valence-electron chi connectivity index (χ2n) is 3.82. The molecule has 2 rings (SSSR count). The summed E-state index contributed by atoms with van der Waals surface area (Å²) in [5, 5.41) is 9.16. The van der Waals surface area contributed by atoms with Crippen LogP contribution in [-0.2, 0) is 0 Å². The molecule has 1 aliphatic rings. The molecule has 0 aliphatic carbocycles. The van der Waals surface area contributed by atoms with Gasteiger partial charge in [-0.15, -0.1) is 0 Å². The van der Waals surface area contributed by atoms with E-state index in [-0.39, 0.29) is 18.6 Å². The predicted octanol–water partition coefficient (Wildman–Crippen LogP) is 1.44. The zero-order valence-corrected chi connectivity index (χ0v) is 10.4. The summed E-state index contributed by atoms with van der Waals surface area (Å²) < 4.78 is 0.651. The highest BCUT2D eigenvalue weighted by Crippen LogP contribution is 2.19. The number of aliphatic hydroxyl groups is 1. The van der Waals surface area contributed by atoms with Gasteiger partial charge in [-0.25, -0.2) is 4.98 Å². The largest absolute Gasteiger partial charge is 0.394 e. The van der Waals surface area contributed by atoms with Crippen molar-refractivity contribution in [2.75, 3.05) is 13.2 Å². The first-order chi connectivity index (χ1) is 7.72. The van der Waals surface area contributed by atoms with E-state index in [0.717, 1.165) is 12.8 Å². The van der Waals surface area contributed by atoms with Crippen LogP contribution in [0.25, 0.3) is 0 Å². The maximum Gasteiger partial charge on any atom is 0.272 e. The zero-order valence-electron chi connectivity index (χ0n) is 8.77. The molecule has 0 radical (unpaired) electrons. The van der Waals surface area contributed by atoms with Crippen molar-refractivity contribution >= 4 is 21.8 Å². The van der Waals surface area contributed by atoms with Crippen molar-refractivity contribution < 1.29 is 9.90 Å². The standard InChI is InChI=1S/C11H13BrN2O2/c12-10-5-1-4-9(13-10)11(16)14-6-2-3-8(14)7-15/h1,4-5,8,15H,2-3,6-7H2/t8-/m1/s1. The summed E-state index contributed by atoms with van der Waals surface area (Å²) in [6.07, 6.45) is 1.82. The van der Waals surface area contributed by atoms with Crippen molar-refractivity contribution in [2.24, 2.45) is 0 Å². The Morgan fingerprint density at radius 3 is 3.12 bits per heavy atom. The molecule has 4 nitrogen and oxygen atoms in total. The molecule has 0 bridgehead atoms. The Balaban J connectivity index is 2.18. The van der Waals surface area contributed by atoms with Gasteiger partial charge in [-0.05, 0) is 40.9 Å². The maximum atomic E-state index is 12.1. The highest BCUT2D eigenvalue weighted by molar-refractivity contribution is 9.10. The summed E-state index contributed by atoms with van der Waals surface area (Å²) in [5.74, 6) is -0.0992. The third kappa shape index (κ3) is 2.25. The van der Waals surface area contributed by atoms with E-state index in [9.17, 15) is 4.79 Å². The number of amides is 1. The number of halogens is 1. The summed E-state index contributed by atoms with van der Waals surface area (Å²) in [5.41, 5.74) is 0.426. The Hall–Kier alpha value is -0.940. The number of aromatic nitrogens is 1. The number of hydrogen-bond acceptors (Lipinski definition) is 3. The van der Waals surface area contributed by atoms with E-state index in [1.54, 1.807) is 23.1 Å². The van der Waals surface area contributed by atoms with Crippen LogP contribution >= 0.6 is 15.9 Å². The van der Waals surface area contributed by atoms with Crippen LogP contribution < -0.4 is 0 Å². The molecule has 1 aromatic heterocycles. The minimum Gasteiger partial charge on any atom is -0.394 e. The molecule has 1 fully saturated rings. The minimum atomic E-state index is -0.0992. The van der Waals surface area contributed by atoms with Gasteiger partial charge in [0.15, 0.2) is 0 Å². The minimum absolute atomic E-state index is 0.0275. The van der Waals surface area contributed by atoms with Crippen molar-refractivity contribution in [2.45, 2.75) is 18.9 Å². The van der Waals surface area contributed by atoms with E-state index < -0.39 is 0 Å². The summed E-state index contributed by atoms with van der Waals surface area (Å²) in [6.45, 7) is 0.734. The zero-order chi connectivity index (χ0) is 11.5.